The van der Waals surface area contributed by atoms with Crippen LogP contribution >= 0.6 is 11.3 Å². The molecule has 3 aromatic rings. The van der Waals surface area contributed by atoms with E-state index in [2.05, 4.69) is 15.7 Å². The van der Waals surface area contributed by atoms with Crippen molar-refractivity contribution in [3.05, 3.63) is 52.2 Å². The number of thiophene rings is 1. The standard InChI is InChI=1S/C20H23N5O3S/c1-25-16(14-6-9-29-12-14)11-18(24-25)23-19(26)13-4-5-17(28-2)15(10-13)20(27)22-8-3-7-21/h4-6,9-12H,3,7-8,21H2,1-2H3,(H,22,27)(H,23,24,26). The van der Waals surface area contributed by atoms with Crippen molar-refractivity contribution in [2.45, 2.75) is 6.42 Å². The van der Waals surface area contributed by atoms with Crippen LogP contribution in [0.4, 0.5) is 5.82 Å². The van der Waals surface area contributed by atoms with Crippen LogP contribution in [-0.2, 0) is 7.05 Å². The second-order valence-electron chi connectivity index (χ2n) is 6.32. The molecule has 0 aliphatic carbocycles. The van der Waals surface area contributed by atoms with Gasteiger partial charge in [0.05, 0.1) is 18.4 Å². The molecule has 0 bridgehead atoms. The van der Waals surface area contributed by atoms with E-state index in [9.17, 15) is 9.59 Å². The Balaban J connectivity index is 1.78. The van der Waals surface area contributed by atoms with Crippen molar-refractivity contribution in [1.29, 1.82) is 0 Å². The third-order valence-corrected chi connectivity index (χ3v) is 4.99. The highest BCUT2D eigenvalue weighted by Gasteiger charge is 2.17. The fourth-order valence-corrected chi connectivity index (χ4v) is 3.47. The van der Waals surface area contributed by atoms with Crippen molar-refractivity contribution >= 4 is 29.0 Å². The average Bonchev–Trinajstić information content (AvgIpc) is 3.37. The second kappa shape index (κ2) is 9.35. The smallest absolute Gasteiger partial charge is 0.256 e. The van der Waals surface area contributed by atoms with Gasteiger partial charge in [0.1, 0.15) is 5.75 Å². The Hall–Kier alpha value is -3.17. The molecule has 0 unspecified atom stereocenters. The van der Waals surface area contributed by atoms with Crippen molar-refractivity contribution < 1.29 is 14.3 Å². The number of methoxy groups -OCH3 is 1. The van der Waals surface area contributed by atoms with Gasteiger partial charge in [0, 0.05) is 36.2 Å². The fraction of sp³-hybridized carbons (Fsp3) is 0.250. The molecule has 0 fully saturated rings. The predicted octanol–water partition coefficient (Wildman–Crippen LogP) is 2.49. The minimum Gasteiger partial charge on any atom is -0.496 e. The van der Waals surface area contributed by atoms with Gasteiger partial charge in [-0.2, -0.15) is 16.4 Å². The highest BCUT2D eigenvalue weighted by molar-refractivity contribution is 7.08. The van der Waals surface area contributed by atoms with Gasteiger partial charge in [0.2, 0.25) is 0 Å². The van der Waals surface area contributed by atoms with E-state index >= 15 is 0 Å². The zero-order valence-corrected chi connectivity index (χ0v) is 17.1. The van der Waals surface area contributed by atoms with Crippen LogP contribution in [0.1, 0.15) is 27.1 Å². The van der Waals surface area contributed by atoms with E-state index in [1.807, 2.05) is 29.9 Å². The van der Waals surface area contributed by atoms with Gasteiger partial charge in [-0.3, -0.25) is 14.3 Å². The predicted molar refractivity (Wildman–Crippen MR) is 113 cm³/mol. The molecule has 0 atom stereocenters. The number of hydrogen-bond donors (Lipinski definition) is 3. The molecule has 8 nitrogen and oxygen atoms in total. The summed E-state index contributed by atoms with van der Waals surface area (Å²) in [6.45, 7) is 0.936. The van der Waals surface area contributed by atoms with Crippen LogP contribution in [0, 0.1) is 0 Å². The number of nitrogens with one attached hydrogen (secondary N) is 2. The van der Waals surface area contributed by atoms with Gasteiger partial charge in [-0.25, -0.2) is 0 Å². The first-order chi connectivity index (χ1) is 14.0. The summed E-state index contributed by atoms with van der Waals surface area (Å²) in [5, 5.41) is 13.9. The first-order valence-corrected chi connectivity index (χ1v) is 10.0. The van der Waals surface area contributed by atoms with Gasteiger partial charge < -0.3 is 21.1 Å². The molecule has 2 amide bonds. The average molecular weight is 414 g/mol. The van der Waals surface area contributed by atoms with Gasteiger partial charge in [0.25, 0.3) is 11.8 Å². The van der Waals surface area contributed by atoms with Gasteiger partial charge in [-0.05, 0) is 42.6 Å². The molecule has 152 valence electrons. The first kappa shape index (κ1) is 20.6. The minimum absolute atomic E-state index is 0.289. The molecule has 2 heterocycles. The Bertz CT molecular complexity index is 998. The Morgan fingerprint density at radius 1 is 1.24 bits per heavy atom. The number of anilines is 1. The first-order valence-electron chi connectivity index (χ1n) is 9.07. The Morgan fingerprint density at radius 2 is 2.07 bits per heavy atom. The number of rotatable bonds is 8. The second-order valence-corrected chi connectivity index (χ2v) is 7.10. The number of hydrogen-bond acceptors (Lipinski definition) is 6. The highest BCUT2D eigenvalue weighted by Crippen LogP contribution is 2.25. The van der Waals surface area contributed by atoms with Crippen molar-refractivity contribution in [2.75, 3.05) is 25.5 Å². The molecule has 2 aromatic heterocycles. The van der Waals surface area contributed by atoms with Crippen molar-refractivity contribution in [1.82, 2.24) is 15.1 Å². The summed E-state index contributed by atoms with van der Waals surface area (Å²) < 4.78 is 6.96. The lowest BCUT2D eigenvalue weighted by Crippen LogP contribution is -2.26. The number of carbonyl (C=O) groups excluding carboxylic acids is 2. The molecule has 0 aliphatic heterocycles. The molecule has 0 aliphatic rings. The molecule has 29 heavy (non-hydrogen) atoms. The van der Waals surface area contributed by atoms with Crippen LogP contribution in [0.15, 0.2) is 41.1 Å². The summed E-state index contributed by atoms with van der Waals surface area (Å²) in [5.74, 6) is 0.147. The van der Waals surface area contributed by atoms with E-state index in [1.54, 1.807) is 28.2 Å². The summed E-state index contributed by atoms with van der Waals surface area (Å²) in [5.41, 5.74) is 8.01. The Labute approximate surface area is 172 Å². The van der Waals surface area contributed by atoms with Crippen molar-refractivity contribution in [3.8, 4) is 17.0 Å². The maximum Gasteiger partial charge on any atom is 0.256 e. The van der Waals surface area contributed by atoms with E-state index in [4.69, 9.17) is 10.5 Å². The summed E-state index contributed by atoms with van der Waals surface area (Å²) in [4.78, 5) is 25.1. The fourth-order valence-electron chi connectivity index (χ4n) is 2.82. The number of carbonyl (C=O) groups is 2. The molecule has 3 rings (SSSR count). The number of nitrogens with two attached hydrogens (primary N) is 1. The number of nitrogens with zero attached hydrogens (tertiary/aromatic N) is 2. The maximum atomic E-state index is 12.7. The van der Waals surface area contributed by atoms with E-state index < -0.39 is 0 Å². The molecule has 1 aromatic carbocycles. The number of amides is 2. The van der Waals surface area contributed by atoms with E-state index in [-0.39, 0.29) is 17.4 Å². The Kier molecular flexibility index (Phi) is 6.63. The summed E-state index contributed by atoms with van der Waals surface area (Å²) in [6.07, 6.45) is 0.667. The number of benzene rings is 1. The van der Waals surface area contributed by atoms with Gasteiger partial charge in [0.15, 0.2) is 5.82 Å². The molecule has 0 radical (unpaired) electrons. The van der Waals surface area contributed by atoms with Crippen LogP contribution in [0.2, 0.25) is 0 Å². The number of aryl methyl sites for hydroxylation is 1. The van der Waals surface area contributed by atoms with Crippen LogP contribution in [0.25, 0.3) is 11.3 Å². The molecule has 4 N–H and O–H groups in total. The van der Waals surface area contributed by atoms with E-state index in [1.165, 1.54) is 13.2 Å². The number of ether oxygens (including phenoxy) is 1. The van der Waals surface area contributed by atoms with Crippen LogP contribution in [0.5, 0.6) is 5.75 Å². The molecule has 9 heteroatoms. The Morgan fingerprint density at radius 3 is 2.76 bits per heavy atom. The summed E-state index contributed by atoms with van der Waals surface area (Å²) >= 11 is 1.59. The van der Waals surface area contributed by atoms with Crippen molar-refractivity contribution in [2.24, 2.45) is 12.8 Å². The van der Waals surface area contributed by atoms with E-state index in [0.29, 0.717) is 36.6 Å². The molecule has 0 spiro atoms. The summed E-state index contributed by atoms with van der Waals surface area (Å²) in [7, 11) is 3.30. The zero-order chi connectivity index (χ0) is 20.8. The minimum atomic E-state index is -0.362. The lowest BCUT2D eigenvalue weighted by Gasteiger charge is -2.11. The third-order valence-electron chi connectivity index (χ3n) is 4.31. The molecule has 0 saturated carbocycles. The van der Waals surface area contributed by atoms with Gasteiger partial charge in [-0.1, -0.05) is 0 Å². The lowest BCUT2D eigenvalue weighted by atomic mass is 10.1. The molecular formula is C20H23N5O3S. The topological polar surface area (TPSA) is 111 Å². The normalized spacial score (nSPS) is 10.6. The summed E-state index contributed by atoms with van der Waals surface area (Å²) in [6, 6.07) is 8.51. The molecule has 0 saturated heterocycles. The van der Waals surface area contributed by atoms with Crippen molar-refractivity contribution in [3.63, 3.8) is 0 Å². The quantitative estimate of drug-likeness (QED) is 0.491. The van der Waals surface area contributed by atoms with Crippen LogP contribution < -0.4 is 21.1 Å². The maximum absolute atomic E-state index is 12.7. The monoisotopic (exact) mass is 413 g/mol. The van der Waals surface area contributed by atoms with Gasteiger partial charge in [-0.15, -0.1) is 0 Å². The van der Waals surface area contributed by atoms with Crippen LogP contribution in [-0.4, -0.2) is 41.8 Å². The zero-order valence-electron chi connectivity index (χ0n) is 16.3. The van der Waals surface area contributed by atoms with Gasteiger partial charge >= 0.3 is 0 Å². The van der Waals surface area contributed by atoms with Crippen LogP contribution in [0.3, 0.4) is 0 Å². The molecular weight excluding hydrogens is 390 g/mol. The largest absolute Gasteiger partial charge is 0.496 e. The third kappa shape index (κ3) is 4.82. The number of aromatic nitrogens is 2. The van der Waals surface area contributed by atoms with E-state index in [0.717, 1.165) is 11.3 Å². The lowest BCUT2D eigenvalue weighted by molar-refractivity contribution is 0.0950. The highest BCUT2D eigenvalue weighted by atomic mass is 32.1. The SMILES string of the molecule is COc1ccc(C(=O)Nc2cc(-c3ccsc3)n(C)n2)cc1C(=O)NCCCN.